The fourth-order valence-corrected chi connectivity index (χ4v) is 2.93. The summed E-state index contributed by atoms with van der Waals surface area (Å²) in [5.74, 6) is 1.12. The first-order valence-electron chi connectivity index (χ1n) is 7.65. The Hall–Kier alpha value is -1.39. The van der Waals surface area contributed by atoms with Gasteiger partial charge in [0.05, 0.1) is 23.7 Å². The van der Waals surface area contributed by atoms with Gasteiger partial charge in [-0.25, -0.2) is 4.98 Å². The van der Waals surface area contributed by atoms with Crippen molar-refractivity contribution in [2.75, 3.05) is 13.2 Å². The summed E-state index contributed by atoms with van der Waals surface area (Å²) in [6.45, 7) is 5.77. The van der Waals surface area contributed by atoms with Crippen molar-refractivity contribution in [2.45, 2.75) is 45.4 Å². The number of nitrogens with zero attached hydrogens (tertiary/aromatic N) is 2. The molecule has 1 N–H and O–H groups in total. The summed E-state index contributed by atoms with van der Waals surface area (Å²) in [7, 11) is 0. The third-order valence-electron chi connectivity index (χ3n) is 3.98. The van der Waals surface area contributed by atoms with Crippen LogP contribution >= 0.6 is 0 Å². The average molecular weight is 273 g/mol. The molecule has 0 bridgehead atoms. The maximum absolute atomic E-state index is 5.74. The molecule has 4 nitrogen and oxygen atoms in total. The fourth-order valence-electron chi connectivity index (χ4n) is 2.93. The number of nitrogens with one attached hydrogen (secondary N) is 1. The lowest BCUT2D eigenvalue weighted by Gasteiger charge is -2.22. The Bertz CT molecular complexity index is 558. The highest BCUT2D eigenvalue weighted by atomic mass is 16.5. The van der Waals surface area contributed by atoms with Crippen molar-refractivity contribution in [1.82, 2.24) is 14.9 Å². The molecular weight excluding hydrogens is 250 g/mol. The third-order valence-corrected chi connectivity index (χ3v) is 3.98. The number of ether oxygens (including phenoxy) is 1. The maximum Gasteiger partial charge on any atom is 0.123 e. The zero-order chi connectivity index (χ0) is 13.8. The molecular formula is C16H23N3O. The van der Waals surface area contributed by atoms with Gasteiger partial charge in [0.15, 0.2) is 0 Å². The van der Waals surface area contributed by atoms with Crippen LogP contribution in [0.4, 0.5) is 0 Å². The Morgan fingerprint density at radius 3 is 3.05 bits per heavy atom. The smallest absolute Gasteiger partial charge is 0.123 e. The van der Waals surface area contributed by atoms with Gasteiger partial charge in [-0.05, 0) is 38.3 Å². The lowest BCUT2D eigenvalue weighted by Crippen LogP contribution is -2.32. The summed E-state index contributed by atoms with van der Waals surface area (Å²) >= 11 is 0. The summed E-state index contributed by atoms with van der Waals surface area (Å²) in [4.78, 5) is 4.73. The third kappa shape index (κ3) is 2.86. The summed E-state index contributed by atoms with van der Waals surface area (Å²) < 4.78 is 8.02. The molecule has 0 amide bonds. The molecule has 1 aliphatic heterocycles. The molecule has 1 aromatic carbocycles. The highest BCUT2D eigenvalue weighted by Crippen LogP contribution is 2.16. The van der Waals surface area contributed by atoms with Crippen LogP contribution in [0.25, 0.3) is 11.0 Å². The van der Waals surface area contributed by atoms with Crippen LogP contribution < -0.4 is 5.32 Å². The number of hydrogen-bond acceptors (Lipinski definition) is 3. The predicted molar refractivity (Wildman–Crippen MR) is 80.7 cm³/mol. The summed E-state index contributed by atoms with van der Waals surface area (Å²) in [5, 5.41) is 3.50. The van der Waals surface area contributed by atoms with Gasteiger partial charge in [0, 0.05) is 19.7 Å². The van der Waals surface area contributed by atoms with Crippen molar-refractivity contribution in [2.24, 2.45) is 0 Å². The minimum atomic E-state index is 0.378. The van der Waals surface area contributed by atoms with Crippen LogP contribution in [-0.4, -0.2) is 28.8 Å². The van der Waals surface area contributed by atoms with E-state index >= 15 is 0 Å². The molecule has 4 heteroatoms. The second-order valence-electron chi connectivity index (χ2n) is 5.38. The fraction of sp³-hybridized carbons (Fsp3) is 0.562. The second kappa shape index (κ2) is 6.37. The van der Waals surface area contributed by atoms with Crippen molar-refractivity contribution in [1.29, 1.82) is 0 Å². The number of imidazole rings is 1. The lowest BCUT2D eigenvalue weighted by molar-refractivity contribution is 0.0167. The number of para-hydroxylation sites is 2. The van der Waals surface area contributed by atoms with Crippen LogP contribution in [0, 0.1) is 0 Å². The van der Waals surface area contributed by atoms with Gasteiger partial charge < -0.3 is 14.6 Å². The molecule has 0 spiro atoms. The highest BCUT2D eigenvalue weighted by Gasteiger charge is 2.14. The molecule has 3 rings (SSSR count). The van der Waals surface area contributed by atoms with Gasteiger partial charge in [-0.15, -0.1) is 0 Å². The van der Waals surface area contributed by atoms with E-state index in [4.69, 9.17) is 9.72 Å². The number of fused-ring (bicyclic) bond motifs is 1. The molecule has 1 saturated heterocycles. The number of benzene rings is 1. The quantitative estimate of drug-likeness (QED) is 0.910. The first-order valence-corrected chi connectivity index (χ1v) is 7.65. The SMILES string of the molecule is CCn1c(CNCC2CCCCO2)nc2ccccc21. The average Bonchev–Trinajstić information content (AvgIpc) is 2.86. The Morgan fingerprint density at radius 2 is 2.25 bits per heavy atom. The van der Waals surface area contributed by atoms with Crippen molar-refractivity contribution in [3.8, 4) is 0 Å². The predicted octanol–water partition coefficient (Wildman–Crippen LogP) is 2.71. The molecule has 1 unspecified atom stereocenters. The van der Waals surface area contributed by atoms with Gasteiger partial charge in [0.1, 0.15) is 5.82 Å². The topological polar surface area (TPSA) is 39.1 Å². The summed E-state index contributed by atoms with van der Waals surface area (Å²) in [6, 6.07) is 8.33. The normalized spacial score (nSPS) is 19.6. The van der Waals surface area contributed by atoms with Crippen molar-refractivity contribution >= 4 is 11.0 Å². The molecule has 1 aliphatic rings. The first-order chi connectivity index (χ1) is 9.88. The van der Waals surface area contributed by atoms with E-state index in [-0.39, 0.29) is 0 Å². The van der Waals surface area contributed by atoms with Gasteiger partial charge in [-0.1, -0.05) is 12.1 Å². The van der Waals surface area contributed by atoms with Crippen LogP contribution in [0.5, 0.6) is 0 Å². The van der Waals surface area contributed by atoms with E-state index in [2.05, 4.69) is 35.0 Å². The molecule has 2 heterocycles. The summed E-state index contributed by atoms with van der Waals surface area (Å²) in [6.07, 6.45) is 4.06. The van der Waals surface area contributed by atoms with Crippen LogP contribution in [-0.2, 0) is 17.8 Å². The van der Waals surface area contributed by atoms with Crippen LogP contribution in [0.2, 0.25) is 0 Å². The van der Waals surface area contributed by atoms with Gasteiger partial charge in [0.25, 0.3) is 0 Å². The van der Waals surface area contributed by atoms with Gasteiger partial charge in [-0.3, -0.25) is 0 Å². The molecule has 1 atom stereocenters. The monoisotopic (exact) mass is 273 g/mol. The van der Waals surface area contributed by atoms with Gasteiger partial charge >= 0.3 is 0 Å². The lowest BCUT2D eigenvalue weighted by atomic mass is 10.1. The van der Waals surface area contributed by atoms with Crippen molar-refractivity contribution in [3.05, 3.63) is 30.1 Å². The number of hydrogen-bond donors (Lipinski definition) is 1. The van der Waals surface area contributed by atoms with E-state index in [0.717, 1.165) is 37.6 Å². The Morgan fingerprint density at radius 1 is 1.35 bits per heavy atom. The molecule has 20 heavy (non-hydrogen) atoms. The minimum absolute atomic E-state index is 0.378. The number of rotatable bonds is 5. The van der Waals surface area contributed by atoms with Gasteiger partial charge in [-0.2, -0.15) is 0 Å². The molecule has 0 radical (unpaired) electrons. The van der Waals surface area contributed by atoms with Crippen LogP contribution in [0.1, 0.15) is 32.0 Å². The Kier molecular flexibility index (Phi) is 4.33. The van der Waals surface area contributed by atoms with Crippen molar-refractivity contribution < 1.29 is 4.74 Å². The summed E-state index contributed by atoms with van der Waals surface area (Å²) in [5.41, 5.74) is 2.31. The Balaban J connectivity index is 1.64. The van der Waals surface area contributed by atoms with E-state index in [1.165, 1.54) is 24.8 Å². The second-order valence-corrected chi connectivity index (χ2v) is 5.38. The zero-order valence-electron chi connectivity index (χ0n) is 12.1. The molecule has 1 fully saturated rings. The van der Waals surface area contributed by atoms with Crippen molar-refractivity contribution in [3.63, 3.8) is 0 Å². The first kappa shape index (κ1) is 13.6. The van der Waals surface area contributed by atoms with Crippen LogP contribution in [0.3, 0.4) is 0 Å². The number of aryl methyl sites for hydroxylation is 1. The number of aromatic nitrogens is 2. The van der Waals surface area contributed by atoms with E-state index in [0.29, 0.717) is 6.10 Å². The van der Waals surface area contributed by atoms with E-state index in [1.807, 2.05) is 6.07 Å². The van der Waals surface area contributed by atoms with Crippen LogP contribution in [0.15, 0.2) is 24.3 Å². The molecule has 0 aliphatic carbocycles. The Labute approximate surface area is 120 Å². The highest BCUT2D eigenvalue weighted by molar-refractivity contribution is 5.75. The molecule has 2 aromatic rings. The zero-order valence-corrected chi connectivity index (χ0v) is 12.1. The molecule has 1 aromatic heterocycles. The van der Waals surface area contributed by atoms with E-state index in [9.17, 15) is 0 Å². The molecule has 0 saturated carbocycles. The van der Waals surface area contributed by atoms with E-state index < -0.39 is 0 Å². The largest absolute Gasteiger partial charge is 0.377 e. The standard InChI is InChI=1S/C16H23N3O/c1-2-19-15-9-4-3-8-14(15)18-16(19)12-17-11-13-7-5-6-10-20-13/h3-4,8-9,13,17H,2,5-7,10-12H2,1H3. The molecule has 108 valence electrons. The minimum Gasteiger partial charge on any atom is -0.377 e. The van der Waals surface area contributed by atoms with Gasteiger partial charge in [0.2, 0.25) is 0 Å². The van der Waals surface area contributed by atoms with E-state index in [1.54, 1.807) is 0 Å². The maximum atomic E-state index is 5.74.